The summed E-state index contributed by atoms with van der Waals surface area (Å²) in [5, 5.41) is 0. The normalized spacial score (nSPS) is 20.5. The number of ether oxygens (including phenoxy) is 3. The van der Waals surface area contributed by atoms with Crippen molar-refractivity contribution < 1.29 is 23.8 Å². The lowest BCUT2D eigenvalue weighted by Gasteiger charge is -2.11. The molecule has 0 aliphatic carbocycles. The highest BCUT2D eigenvalue weighted by Gasteiger charge is 2.26. The van der Waals surface area contributed by atoms with Crippen molar-refractivity contribution in [1.82, 2.24) is 0 Å². The second-order valence-corrected chi connectivity index (χ2v) is 3.47. The van der Waals surface area contributed by atoms with E-state index in [0.717, 1.165) is 0 Å². The maximum absolute atomic E-state index is 11.3. The van der Waals surface area contributed by atoms with Crippen molar-refractivity contribution >= 4 is 11.9 Å². The van der Waals surface area contributed by atoms with Gasteiger partial charge in [-0.25, -0.2) is 4.79 Å². The van der Waals surface area contributed by atoms with Crippen LogP contribution in [0.4, 0.5) is 0 Å². The van der Waals surface area contributed by atoms with E-state index < -0.39 is 12.1 Å². The van der Waals surface area contributed by atoms with Crippen LogP contribution in [0.2, 0.25) is 0 Å². The number of hydrogen-bond acceptors (Lipinski definition) is 5. The van der Waals surface area contributed by atoms with Gasteiger partial charge in [-0.2, -0.15) is 0 Å². The summed E-state index contributed by atoms with van der Waals surface area (Å²) in [5.74, 6) is -0.889. The summed E-state index contributed by atoms with van der Waals surface area (Å²) in [6.45, 7) is 4.25. The van der Waals surface area contributed by atoms with Crippen molar-refractivity contribution in [3.05, 3.63) is 0 Å². The first-order chi connectivity index (χ1) is 7.13. The fourth-order valence-electron chi connectivity index (χ4n) is 0.965. The summed E-state index contributed by atoms with van der Waals surface area (Å²) in [5.41, 5.74) is 0. The molecule has 0 N–H and O–H groups in total. The van der Waals surface area contributed by atoms with Gasteiger partial charge in [-0.15, -0.1) is 0 Å². The van der Waals surface area contributed by atoms with Crippen LogP contribution in [-0.2, 0) is 23.8 Å². The van der Waals surface area contributed by atoms with Crippen LogP contribution in [0.3, 0.4) is 0 Å². The van der Waals surface area contributed by atoms with Crippen LogP contribution in [0, 0.1) is 0 Å². The van der Waals surface area contributed by atoms with Gasteiger partial charge in [0.25, 0.3) is 0 Å². The Morgan fingerprint density at radius 1 is 1.53 bits per heavy atom. The zero-order chi connectivity index (χ0) is 11.3. The second-order valence-electron chi connectivity index (χ2n) is 3.47. The Labute approximate surface area is 88.7 Å². The van der Waals surface area contributed by atoms with E-state index in [1.54, 1.807) is 0 Å². The minimum Gasteiger partial charge on any atom is -0.460 e. The topological polar surface area (TPSA) is 65.1 Å². The largest absolute Gasteiger partial charge is 0.460 e. The first kappa shape index (κ1) is 12.0. The molecule has 0 aromatic carbocycles. The van der Waals surface area contributed by atoms with Crippen LogP contribution in [0.5, 0.6) is 0 Å². The van der Waals surface area contributed by atoms with Crippen LogP contribution < -0.4 is 0 Å². The van der Waals surface area contributed by atoms with E-state index in [0.29, 0.717) is 19.4 Å². The molecule has 5 heteroatoms. The molecule has 1 aliphatic heterocycles. The maximum Gasteiger partial charge on any atom is 0.347 e. The summed E-state index contributed by atoms with van der Waals surface area (Å²) in [6.07, 6.45) is 0.232. The Morgan fingerprint density at radius 2 is 2.20 bits per heavy atom. The smallest absolute Gasteiger partial charge is 0.347 e. The molecule has 86 valence electrons. The molecule has 0 bridgehead atoms. The Kier molecular flexibility index (Phi) is 4.55. The molecule has 2 atom stereocenters. The zero-order valence-electron chi connectivity index (χ0n) is 9.02. The van der Waals surface area contributed by atoms with E-state index in [9.17, 15) is 9.59 Å². The molecule has 0 saturated carbocycles. The number of carbonyl (C=O) groups excluding carboxylic acids is 2. The van der Waals surface area contributed by atoms with Crippen LogP contribution in [-0.4, -0.2) is 37.4 Å². The molecular formula is C10H16O5. The maximum atomic E-state index is 11.3. The third kappa shape index (κ3) is 4.78. The summed E-state index contributed by atoms with van der Waals surface area (Å²) in [6, 6.07) is 0. The van der Waals surface area contributed by atoms with Gasteiger partial charge >= 0.3 is 11.9 Å². The highest BCUT2D eigenvalue weighted by Crippen LogP contribution is 2.09. The van der Waals surface area contributed by atoms with Crippen LogP contribution in [0.15, 0.2) is 0 Å². The Balaban J connectivity index is 2.15. The van der Waals surface area contributed by atoms with Crippen LogP contribution in [0.25, 0.3) is 0 Å². The molecule has 0 amide bonds. The molecule has 15 heavy (non-hydrogen) atoms. The molecule has 0 aromatic rings. The number of carbonyl (C=O) groups is 2. The third-order valence-electron chi connectivity index (χ3n) is 1.91. The van der Waals surface area contributed by atoms with E-state index in [4.69, 9.17) is 14.2 Å². The van der Waals surface area contributed by atoms with E-state index in [2.05, 4.69) is 0 Å². The van der Waals surface area contributed by atoms with Crippen LogP contribution in [0.1, 0.15) is 26.7 Å². The van der Waals surface area contributed by atoms with E-state index in [1.165, 1.54) is 6.92 Å². The van der Waals surface area contributed by atoms with E-state index in [-0.39, 0.29) is 18.7 Å². The van der Waals surface area contributed by atoms with E-state index >= 15 is 0 Å². The van der Waals surface area contributed by atoms with Gasteiger partial charge in [0.05, 0.1) is 6.61 Å². The zero-order valence-corrected chi connectivity index (χ0v) is 9.02. The Bertz CT molecular complexity index is 234. The van der Waals surface area contributed by atoms with Gasteiger partial charge in [-0.05, 0) is 13.3 Å². The van der Waals surface area contributed by atoms with Gasteiger partial charge < -0.3 is 14.2 Å². The molecule has 1 rings (SSSR count). The predicted octanol–water partition coefficient (Wildman–Crippen LogP) is 0.660. The molecule has 2 unspecified atom stereocenters. The second kappa shape index (κ2) is 5.70. The standard InChI is InChI=1S/C10H16O5/c1-3-4-9(11)15-7(2)10(12)14-6-8-5-13-8/h7-8H,3-6H2,1-2H3. The number of epoxide rings is 1. The van der Waals surface area contributed by atoms with Crippen molar-refractivity contribution in [2.45, 2.75) is 38.9 Å². The SMILES string of the molecule is CCCC(=O)OC(C)C(=O)OCC1CO1. The Hall–Kier alpha value is -1.10. The molecule has 1 heterocycles. The molecule has 5 nitrogen and oxygen atoms in total. The molecule has 1 saturated heterocycles. The average Bonchev–Trinajstić information content (AvgIpc) is 2.97. The monoisotopic (exact) mass is 216 g/mol. The van der Waals surface area contributed by atoms with Gasteiger partial charge in [-0.3, -0.25) is 4.79 Å². The summed E-state index contributed by atoms with van der Waals surface area (Å²) < 4.78 is 14.6. The van der Waals surface area contributed by atoms with Gasteiger partial charge in [0, 0.05) is 6.42 Å². The summed E-state index contributed by atoms with van der Waals surface area (Å²) in [4.78, 5) is 22.3. The fourth-order valence-corrected chi connectivity index (χ4v) is 0.965. The van der Waals surface area contributed by atoms with Crippen molar-refractivity contribution in [2.75, 3.05) is 13.2 Å². The summed E-state index contributed by atoms with van der Waals surface area (Å²) >= 11 is 0. The Morgan fingerprint density at radius 3 is 2.73 bits per heavy atom. The lowest BCUT2D eigenvalue weighted by Crippen LogP contribution is -2.27. The predicted molar refractivity (Wildman–Crippen MR) is 51.2 cm³/mol. The minimum absolute atomic E-state index is 0.0347. The highest BCUT2D eigenvalue weighted by molar-refractivity contribution is 5.78. The summed E-state index contributed by atoms with van der Waals surface area (Å²) in [7, 11) is 0. The molecule has 0 aromatic heterocycles. The molecular weight excluding hydrogens is 200 g/mol. The van der Waals surface area contributed by atoms with Gasteiger partial charge in [0.1, 0.15) is 12.7 Å². The number of rotatable bonds is 6. The molecule has 1 fully saturated rings. The minimum atomic E-state index is -0.831. The number of hydrogen-bond donors (Lipinski definition) is 0. The van der Waals surface area contributed by atoms with Gasteiger partial charge in [0.15, 0.2) is 6.10 Å². The molecule has 1 aliphatic rings. The van der Waals surface area contributed by atoms with Crippen molar-refractivity contribution in [3.63, 3.8) is 0 Å². The average molecular weight is 216 g/mol. The van der Waals surface area contributed by atoms with Gasteiger partial charge in [-0.1, -0.05) is 6.92 Å². The van der Waals surface area contributed by atoms with E-state index in [1.807, 2.05) is 6.92 Å². The lowest BCUT2D eigenvalue weighted by atomic mass is 10.3. The molecule has 0 spiro atoms. The third-order valence-corrected chi connectivity index (χ3v) is 1.91. The fraction of sp³-hybridized carbons (Fsp3) is 0.800. The first-order valence-electron chi connectivity index (χ1n) is 5.11. The van der Waals surface area contributed by atoms with Crippen molar-refractivity contribution in [1.29, 1.82) is 0 Å². The quantitative estimate of drug-likeness (QED) is 0.482. The van der Waals surface area contributed by atoms with Crippen molar-refractivity contribution in [3.8, 4) is 0 Å². The van der Waals surface area contributed by atoms with Crippen molar-refractivity contribution in [2.24, 2.45) is 0 Å². The highest BCUT2D eigenvalue weighted by atomic mass is 16.6. The lowest BCUT2D eigenvalue weighted by molar-refractivity contribution is -0.166. The first-order valence-corrected chi connectivity index (χ1v) is 5.11. The number of esters is 2. The van der Waals surface area contributed by atoms with Crippen LogP contribution >= 0.6 is 0 Å². The van der Waals surface area contributed by atoms with Gasteiger partial charge in [0.2, 0.25) is 0 Å². The molecule has 0 radical (unpaired) electrons.